The lowest BCUT2D eigenvalue weighted by atomic mass is 10.2. The molecule has 1 heterocycles. The van der Waals surface area contributed by atoms with Gasteiger partial charge in [0.1, 0.15) is 11.5 Å². The number of hydrazone groups is 1. The second kappa shape index (κ2) is 5.52. The Morgan fingerprint density at radius 2 is 1.89 bits per heavy atom. The van der Waals surface area contributed by atoms with Crippen LogP contribution < -0.4 is 5.43 Å². The van der Waals surface area contributed by atoms with Crippen LogP contribution in [0.5, 0.6) is 0 Å². The van der Waals surface area contributed by atoms with Gasteiger partial charge in [-0.15, -0.1) is 0 Å². The molecule has 0 saturated heterocycles. The molecule has 1 aromatic heterocycles. The molecule has 4 heteroatoms. The fourth-order valence-corrected chi connectivity index (χ4v) is 1.84. The molecule has 2 rings (SSSR count). The minimum Gasteiger partial charge on any atom is -0.460 e. The van der Waals surface area contributed by atoms with Crippen LogP contribution in [0.3, 0.4) is 0 Å². The Hall–Kier alpha value is -2.36. The van der Waals surface area contributed by atoms with Gasteiger partial charge in [-0.1, -0.05) is 18.2 Å². The predicted molar refractivity (Wildman–Crippen MR) is 74.3 cm³/mol. The number of carbonyl (C=O) groups excluding carboxylic acids is 1. The molecule has 0 bridgehead atoms. The number of aryl methyl sites for hydroxylation is 2. The molecular weight excluding hydrogens is 240 g/mol. The van der Waals surface area contributed by atoms with Crippen molar-refractivity contribution in [3.05, 3.63) is 59.0 Å². The molecule has 0 aliphatic heterocycles. The first-order valence-corrected chi connectivity index (χ1v) is 6.05. The maximum Gasteiger partial charge on any atom is 0.271 e. The number of amides is 1. The smallest absolute Gasteiger partial charge is 0.271 e. The van der Waals surface area contributed by atoms with Crippen LogP contribution >= 0.6 is 0 Å². The molecule has 1 N–H and O–H groups in total. The van der Waals surface area contributed by atoms with Crippen molar-refractivity contribution in [3.8, 4) is 0 Å². The summed E-state index contributed by atoms with van der Waals surface area (Å²) in [6, 6.07) is 10.9. The molecule has 0 radical (unpaired) electrons. The van der Waals surface area contributed by atoms with Gasteiger partial charge in [-0.05, 0) is 44.5 Å². The first kappa shape index (κ1) is 13.1. The third kappa shape index (κ3) is 3.10. The van der Waals surface area contributed by atoms with E-state index in [1.807, 2.05) is 38.1 Å². The standard InChI is InChI=1S/C15H16N2O2/c1-10-9-11(2)19-14(10)12(3)16-17-15(18)13-7-5-4-6-8-13/h4-9H,1-3H3,(H,17,18)/b16-12+. The van der Waals surface area contributed by atoms with Gasteiger partial charge in [-0.25, -0.2) is 5.43 Å². The van der Waals surface area contributed by atoms with Gasteiger partial charge in [0.2, 0.25) is 0 Å². The Balaban J connectivity index is 2.11. The van der Waals surface area contributed by atoms with E-state index in [1.165, 1.54) is 0 Å². The van der Waals surface area contributed by atoms with Gasteiger partial charge in [0.25, 0.3) is 5.91 Å². The lowest BCUT2D eigenvalue weighted by molar-refractivity contribution is 0.0955. The summed E-state index contributed by atoms with van der Waals surface area (Å²) in [5.41, 5.74) is 4.75. The van der Waals surface area contributed by atoms with Crippen LogP contribution in [0.25, 0.3) is 0 Å². The molecular formula is C15H16N2O2. The molecule has 0 atom stereocenters. The number of hydrogen-bond donors (Lipinski definition) is 1. The zero-order valence-electron chi connectivity index (χ0n) is 11.2. The molecule has 0 aliphatic rings. The maximum atomic E-state index is 11.8. The van der Waals surface area contributed by atoms with E-state index in [4.69, 9.17) is 4.42 Å². The highest BCUT2D eigenvalue weighted by atomic mass is 16.3. The van der Waals surface area contributed by atoms with E-state index in [0.29, 0.717) is 17.0 Å². The first-order valence-electron chi connectivity index (χ1n) is 6.05. The average Bonchev–Trinajstić information content (AvgIpc) is 2.75. The van der Waals surface area contributed by atoms with E-state index in [9.17, 15) is 4.79 Å². The van der Waals surface area contributed by atoms with Crippen molar-refractivity contribution in [2.75, 3.05) is 0 Å². The zero-order valence-corrected chi connectivity index (χ0v) is 11.2. The maximum absolute atomic E-state index is 11.8. The molecule has 4 nitrogen and oxygen atoms in total. The topological polar surface area (TPSA) is 54.6 Å². The van der Waals surface area contributed by atoms with E-state index in [-0.39, 0.29) is 5.91 Å². The molecule has 0 saturated carbocycles. The molecule has 1 aromatic carbocycles. The van der Waals surface area contributed by atoms with Crippen molar-refractivity contribution in [1.82, 2.24) is 5.43 Å². The molecule has 19 heavy (non-hydrogen) atoms. The number of nitrogens with one attached hydrogen (secondary N) is 1. The van der Waals surface area contributed by atoms with Gasteiger partial charge >= 0.3 is 0 Å². The third-order valence-corrected chi connectivity index (χ3v) is 2.73. The summed E-state index contributed by atoms with van der Waals surface area (Å²) in [5.74, 6) is 1.29. The van der Waals surface area contributed by atoms with Crippen molar-refractivity contribution in [2.45, 2.75) is 20.8 Å². The average molecular weight is 256 g/mol. The van der Waals surface area contributed by atoms with Crippen molar-refractivity contribution in [2.24, 2.45) is 5.10 Å². The molecule has 2 aromatic rings. The number of nitrogens with zero attached hydrogens (tertiary/aromatic N) is 1. The lowest BCUT2D eigenvalue weighted by Gasteiger charge is -2.01. The summed E-state index contributed by atoms with van der Waals surface area (Å²) in [6.45, 7) is 5.63. The van der Waals surface area contributed by atoms with Gasteiger partial charge in [0, 0.05) is 5.56 Å². The van der Waals surface area contributed by atoms with Gasteiger partial charge in [-0.2, -0.15) is 5.10 Å². The number of carbonyl (C=O) groups is 1. The molecule has 98 valence electrons. The highest BCUT2D eigenvalue weighted by Crippen LogP contribution is 2.14. The number of furan rings is 1. The fraction of sp³-hybridized carbons (Fsp3) is 0.200. The SMILES string of the molecule is C/C(=N\NC(=O)c1ccccc1)c1oc(C)cc1C. The number of rotatable bonds is 3. The van der Waals surface area contributed by atoms with Crippen LogP contribution in [0.4, 0.5) is 0 Å². The molecule has 0 unspecified atom stereocenters. The quantitative estimate of drug-likeness (QED) is 0.677. The summed E-state index contributed by atoms with van der Waals surface area (Å²) in [7, 11) is 0. The summed E-state index contributed by atoms with van der Waals surface area (Å²) in [5, 5.41) is 4.07. The van der Waals surface area contributed by atoms with Gasteiger partial charge in [0.15, 0.2) is 5.76 Å². The number of benzene rings is 1. The highest BCUT2D eigenvalue weighted by molar-refractivity contribution is 6.00. The Bertz CT molecular complexity index is 612. The monoisotopic (exact) mass is 256 g/mol. The Labute approximate surface area is 112 Å². The van der Waals surface area contributed by atoms with Crippen LogP contribution in [0.15, 0.2) is 45.9 Å². The van der Waals surface area contributed by atoms with Crippen LogP contribution in [-0.4, -0.2) is 11.6 Å². The minimum absolute atomic E-state index is 0.235. The van der Waals surface area contributed by atoms with Crippen LogP contribution in [0, 0.1) is 13.8 Å². The molecule has 0 fully saturated rings. The van der Waals surface area contributed by atoms with Crippen molar-refractivity contribution in [3.63, 3.8) is 0 Å². The predicted octanol–water partition coefficient (Wildman–Crippen LogP) is 3.05. The minimum atomic E-state index is -0.235. The largest absolute Gasteiger partial charge is 0.460 e. The molecule has 0 spiro atoms. The Morgan fingerprint density at radius 1 is 1.21 bits per heavy atom. The summed E-state index contributed by atoms with van der Waals surface area (Å²) >= 11 is 0. The van der Waals surface area contributed by atoms with E-state index in [2.05, 4.69) is 10.5 Å². The van der Waals surface area contributed by atoms with E-state index in [1.54, 1.807) is 19.1 Å². The fourth-order valence-electron chi connectivity index (χ4n) is 1.84. The lowest BCUT2D eigenvalue weighted by Crippen LogP contribution is -2.19. The van der Waals surface area contributed by atoms with Crippen LogP contribution in [0.2, 0.25) is 0 Å². The van der Waals surface area contributed by atoms with Gasteiger partial charge in [0.05, 0.1) is 0 Å². The Morgan fingerprint density at radius 3 is 2.47 bits per heavy atom. The second-order valence-corrected chi connectivity index (χ2v) is 4.37. The third-order valence-electron chi connectivity index (χ3n) is 2.73. The van der Waals surface area contributed by atoms with E-state index in [0.717, 1.165) is 11.3 Å². The van der Waals surface area contributed by atoms with Gasteiger partial charge in [-0.3, -0.25) is 4.79 Å². The van der Waals surface area contributed by atoms with Crippen molar-refractivity contribution >= 4 is 11.6 Å². The van der Waals surface area contributed by atoms with E-state index < -0.39 is 0 Å². The normalized spacial score (nSPS) is 11.4. The zero-order chi connectivity index (χ0) is 13.8. The summed E-state index contributed by atoms with van der Waals surface area (Å²) < 4.78 is 5.53. The van der Waals surface area contributed by atoms with Crippen molar-refractivity contribution in [1.29, 1.82) is 0 Å². The van der Waals surface area contributed by atoms with Crippen molar-refractivity contribution < 1.29 is 9.21 Å². The van der Waals surface area contributed by atoms with Crippen LogP contribution in [0.1, 0.15) is 34.4 Å². The Kier molecular flexibility index (Phi) is 3.80. The van der Waals surface area contributed by atoms with Crippen LogP contribution in [-0.2, 0) is 0 Å². The second-order valence-electron chi connectivity index (χ2n) is 4.37. The van der Waals surface area contributed by atoms with Gasteiger partial charge < -0.3 is 4.42 Å². The number of hydrogen-bond acceptors (Lipinski definition) is 3. The summed E-state index contributed by atoms with van der Waals surface area (Å²) in [4.78, 5) is 11.8. The van der Waals surface area contributed by atoms with E-state index >= 15 is 0 Å². The first-order chi connectivity index (χ1) is 9.08. The molecule has 0 aliphatic carbocycles. The highest BCUT2D eigenvalue weighted by Gasteiger charge is 2.09. The summed E-state index contributed by atoms with van der Waals surface area (Å²) in [6.07, 6.45) is 0. The molecule has 1 amide bonds.